The van der Waals surface area contributed by atoms with Gasteiger partial charge in [0, 0.05) is 36.8 Å². The molecule has 0 spiro atoms. The summed E-state index contributed by atoms with van der Waals surface area (Å²) in [6.45, 7) is 2.88. The molecule has 1 aromatic carbocycles. The molecule has 3 rings (SSSR count). The van der Waals surface area contributed by atoms with Crippen molar-refractivity contribution in [1.82, 2.24) is 20.0 Å². The third kappa shape index (κ3) is 4.42. The van der Waals surface area contributed by atoms with E-state index in [2.05, 4.69) is 49.4 Å². The van der Waals surface area contributed by atoms with E-state index < -0.39 is 0 Å². The molecular formula is C17H21BrN4O. The normalized spacial score (nSPS) is 18.8. The molecule has 5 nitrogen and oxygen atoms in total. The van der Waals surface area contributed by atoms with Crippen molar-refractivity contribution in [3.8, 4) is 0 Å². The van der Waals surface area contributed by atoms with Crippen LogP contribution in [0.1, 0.15) is 28.8 Å². The first-order chi connectivity index (χ1) is 11.1. The number of nitrogens with one attached hydrogen (secondary N) is 1. The largest absolute Gasteiger partial charge is 0.348 e. The fourth-order valence-electron chi connectivity index (χ4n) is 3.02. The molecule has 2 heterocycles. The van der Waals surface area contributed by atoms with Crippen LogP contribution in [0.25, 0.3) is 0 Å². The fraction of sp³-hybridized carbons (Fsp3) is 0.412. The second kappa shape index (κ2) is 7.27. The number of hydrogen-bond acceptors (Lipinski definition) is 3. The van der Waals surface area contributed by atoms with Crippen LogP contribution >= 0.6 is 15.9 Å². The zero-order valence-corrected chi connectivity index (χ0v) is 14.8. The lowest BCUT2D eigenvalue weighted by molar-refractivity contribution is 0.0900. The second-order valence-corrected chi connectivity index (χ2v) is 7.00. The highest BCUT2D eigenvalue weighted by Gasteiger charge is 2.22. The molecule has 1 unspecified atom stereocenters. The topological polar surface area (TPSA) is 50.2 Å². The van der Waals surface area contributed by atoms with Gasteiger partial charge in [-0.15, -0.1) is 0 Å². The van der Waals surface area contributed by atoms with Gasteiger partial charge in [-0.05, 0) is 37.1 Å². The van der Waals surface area contributed by atoms with Crippen molar-refractivity contribution in [2.75, 3.05) is 13.1 Å². The van der Waals surface area contributed by atoms with Gasteiger partial charge in [-0.3, -0.25) is 14.4 Å². The minimum absolute atomic E-state index is 0.0348. The maximum atomic E-state index is 12.2. The Hall–Kier alpha value is -1.66. The molecule has 0 saturated carbocycles. The third-order valence-electron chi connectivity index (χ3n) is 4.10. The molecule has 1 N–H and O–H groups in total. The number of hydrogen-bond donors (Lipinski definition) is 1. The van der Waals surface area contributed by atoms with Gasteiger partial charge in [0.1, 0.15) is 0 Å². The Kier molecular flexibility index (Phi) is 5.13. The number of amides is 1. The average molecular weight is 377 g/mol. The monoisotopic (exact) mass is 376 g/mol. The number of piperidine rings is 1. The molecule has 6 heteroatoms. The molecule has 23 heavy (non-hydrogen) atoms. The Bertz CT molecular complexity index is 685. The van der Waals surface area contributed by atoms with Crippen LogP contribution in [0.15, 0.2) is 41.1 Å². The van der Waals surface area contributed by atoms with Crippen LogP contribution in [0.4, 0.5) is 0 Å². The van der Waals surface area contributed by atoms with E-state index in [9.17, 15) is 4.79 Å². The number of rotatable bonds is 4. The smallest absolute Gasteiger partial charge is 0.254 e. The van der Waals surface area contributed by atoms with Crippen molar-refractivity contribution >= 4 is 21.8 Å². The van der Waals surface area contributed by atoms with Crippen molar-refractivity contribution in [3.05, 3.63) is 52.3 Å². The standard InChI is InChI=1S/C17H21BrN4O/c1-21-11-14(9-19-21)17(23)20-16-6-3-7-22(12-16)10-13-4-2-5-15(18)8-13/h2,4-5,8-9,11,16H,3,6-7,10,12H2,1H3,(H,20,23). The quantitative estimate of drug-likeness (QED) is 0.891. The van der Waals surface area contributed by atoms with Crippen LogP contribution in [0, 0.1) is 0 Å². The lowest BCUT2D eigenvalue weighted by Crippen LogP contribution is -2.47. The molecule has 0 bridgehead atoms. The van der Waals surface area contributed by atoms with Gasteiger partial charge in [0.15, 0.2) is 0 Å². The highest BCUT2D eigenvalue weighted by molar-refractivity contribution is 9.10. The van der Waals surface area contributed by atoms with E-state index in [0.717, 1.165) is 36.9 Å². The molecule has 1 aliphatic rings. The Morgan fingerprint density at radius 2 is 2.35 bits per heavy atom. The highest BCUT2D eigenvalue weighted by Crippen LogP contribution is 2.17. The van der Waals surface area contributed by atoms with Crippen LogP contribution in [-0.4, -0.2) is 39.7 Å². The van der Waals surface area contributed by atoms with Gasteiger partial charge in [0.25, 0.3) is 5.91 Å². The van der Waals surface area contributed by atoms with Crippen LogP contribution in [-0.2, 0) is 13.6 Å². The third-order valence-corrected chi connectivity index (χ3v) is 4.60. The Morgan fingerprint density at radius 1 is 1.48 bits per heavy atom. The molecule has 1 amide bonds. The predicted molar refractivity (Wildman–Crippen MR) is 93.1 cm³/mol. The molecule has 1 aromatic heterocycles. The van der Waals surface area contributed by atoms with Crippen LogP contribution in [0.2, 0.25) is 0 Å². The summed E-state index contributed by atoms with van der Waals surface area (Å²) in [6.07, 6.45) is 5.49. The lowest BCUT2D eigenvalue weighted by atomic mass is 10.0. The molecule has 0 radical (unpaired) electrons. The first kappa shape index (κ1) is 16.2. The van der Waals surface area contributed by atoms with E-state index in [1.165, 1.54) is 5.56 Å². The summed E-state index contributed by atoms with van der Waals surface area (Å²) in [5.41, 5.74) is 1.91. The van der Waals surface area contributed by atoms with Gasteiger partial charge in [0.05, 0.1) is 11.8 Å². The average Bonchev–Trinajstić information content (AvgIpc) is 2.94. The van der Waals surface area contributed by atoms with Crippen molar-refractivity contribution in [2.45, 2.75) is 25.4 Å². The van der Waals surface area contributed by atoms with Gasteiger partial charge in [-0.2, -0.15) is 5.10 Å². The fourth-order valence-corrected chi connectivity index (χ4v) is 3.46. The summed E-state index contributed by atoms with van der Waals surface area (Å²) in [6, 6.07) is 8.59. The molecule has 1 aliphatic heterocycles. The number of nitrogens with zero attached hydrogens (tertiary/aromatic N) is 3. The number of likely N-dealkylation sites (tertiary alicyclic amines) is 1. The second-order valence-electron chi connectivity index (χ2n) is 6.08. The number of benzene rings is 1. The Labute approximate surface area is 144 Å². The van der Waals surface area contributed by atoms with Gasteiger partial charge in [0.2, 0.25) is 0 Å². The van der Waals surface area contributed by atoms with Crippen molar-refractivity contribution in [1.29, 1.82) is 0 Å². The summed E-state index contributed by atoms with van der Waals surface area (Å²) in [7, 11) is 1.82. The lowest BCUT2D eigenvalue weighted by Gasteiger charge is -2.33. The minimum Gasteiger partial charge on any atom is -0.348 e. The summed E-state index contributed by atoms with van der Waals surface area (Å²) in [5, 5.41) is 7.18. The van der Waals surface area contributed by atoms with E-state index in [-0.39, 0.29) is 11.9 Å². The number of aryl methyl sites for hydroxylation is 1. The SMILES string of the molecule is Cn1cc(C(=O)NC2CCCN(Cc3cccc(Br)c3)C2)cn1. The summed E-state index contributed by atoms with van der Waals surface area (Å²) < 4.78 is 2.75. The van der Waals surface area contributed by atoms with Gasteiger partial charge in [-0.1, -0.05) is 28.1 Å². The summed E-state index contributed by atoms with van der Waals surface area (Å²) in [4.78, 5) is 14.6. The van der Waals surface area contributed by atoms with Crippen molar-refractivity contribution in [2.24, 2.45) is 7.05 Å². The summed E-state index contributed by atoms with van der Waals surface area (Å²) >= 11 is 3.52. The molecule has 1 atom stereocenters. The molecule has 0 aliphatic carbocycles. The summed E-state index contributed by atoms with van der Waals surface area (Å²) in [5.74, 6) is -0.0348. The van der Waals surface area contributed by atoms with Crippen LogP contribution < -0.4 is 5.32 Å². The maximum Gasteiger partial charge on any atom is 0.254 e. The Morgan fingerprint density at radius 3 is 3.09 bits per heavy atom. The van der Waals surface area contributed by atoms with E-state index in [1.54, 1.807) is 17.1 Å². The minimum atomic E-state index is -0.0348. The van der Waals surface area contributed by atoms with E-state index >= 15 is 0 Å². The van der Waals surface area contributed by atoms with Crippen LogP contribution in [0.3, 0.4) is 0 Å². The molecular weight excluding hydrogens is 356 g/mol. The number of carbonyl (C=O) groups is 1. The van der Waals surface area contributed by atoms with Gasteiger partial charge in [-0.25, -0.2) is 0 Å². The maximum absolute atomic E-state index is 12.2. The highest BCUT2D eigenvalue weighted by atomic mass is 79.9. The van der Waals surface area contributed by atoms with E-state index in [0.29, 0.717) is 5.56 Å². The number of carbonyl (C=O) groups excluding carboxylic acids is 1. The van der Waals surface area contributed by atoms with Gasteiger partial charge < -0.3 is 5.32 Å². The Balaban J connectivity index is 1.56. The van der Waals surface area contributed by atoms with Crippen LogP contribution in [0.5, 0.6) is 0 Å². The first-order valence-electron chi connectivity index (χ1n) is 7.86. The predicted octanol–water partition coefficient (Wildman–Crippen LogP) is 2.58. The molecule has 1 saturated heterocycles. The first-order valence-corrected chi connectivity index (χ1v) is 8.66. The van der Waals surface area contributed by atoms with E-state index in [4.69, 9.17) is 0 Å². The zero-order valence-electron chi connectivity index (χ0n) is 13.2. The number of aromatic nitrogens is 2. The molecule has 122 valence electrons. The van der Waals surface area contributed by atoms with Gasteiger partial charge >= 0.3 is 0 Å². The molecule has 1 fully saturated rings. The zero-order chi connectivity index (χ0) is 16.2. The van der Waals surface area contributed by atoms with Crippen molar-refractivity contribution in [3.63, 3.8) is 0 Å². The van der Waals surface area contributed by atoms with Crippen molar-refractivity contribution < 1.29 is 4.79 Å². The van der Waals surface area contributed by atoms with E-state index in [1.807, 2.05) is 13.1 Å². The molecule has 2 aromatic rings. The number of halogens is 1.